The maximum Gasteiger partial charge on any atom is 0.0453 e. The summed E-state index contributed by atoms with van der Waals surface area (Å²) in [5.74, 6) is 2.95. The van der Waals surface area contributed by atoms with E-state index in [1.165, 1.54) is 31.2 Å². The van der Waals surface area contributed by atoms with Crippen LogP contribution in [-0.4, -0.2) is 6.54 Å². The van der Waals surface area contributed by atoms with Gasteiger partial charge in [-0.05, 0) is 62.1 Å². The molecule has 1 aromatic rings. The predicted molar refractivity (Wildman–Crippen MR) is 76.8 cm³/mol. The number of hydrogen-bond donors (Lipinski definition) is 1. The van der Waals surface area contributed by atoms with Gasteiger partial charge < -0.3 is 5.32 Å². The van der Waals surface area contributed by atoms with E-state index in [2.05, 4.69) is 24.4 Å². The van der Waals surface area contributed by atoms with E-state index in [-0.39, 0.29) is 0 Å². The fraction of sp³-hybridized carbons (Fsp3) is 0.625. The average molecular weight is 264 g/mol. The number of hydrogen-bond acceptors (Lipinski definition) is 1. The van der Waals surface area contributed by atoms with Crippen LogP contribution in [0.2, 0.25) is 5.02 Å². The number of halogens is 1. The zero-order chi connectivity index (χ0) is 12.5. The summed E-state index contributed by atoms with van der Waals surface area (Å²) >= 11 is 6.24. The van der Waals surface area contributed by atoms with E-state index < -0.39 is 0 Å². The molecule has 1 nitrogen and oxygen atoms in total. The summed E-state index contributed by atoms with van der Waals surface area (Å²) in [4.78, 5) is 0. The SMILES string of the molecule is C[C@@H](NCC1CC2CCC1C2)c1ccccc1Cl. The zero-order valence-corrected chi connectivity index (χ0v) is 11.8. The minimum atomic E-state index is 0.359. The third-order valence-electron chi connectivity index (χ3n) is 4.94. The smallest absolute Gasteiger partial charge is 0.0453 e. The van der Waals surface area contributed by atoms with Crippen molar-refractivity contribution in [3.05, 3.63) is 34.9 Å². The number of nitrogens with one attached hydrogen (secondary N) is 1. The van der Waals surface area contributed by atoms with E-state index in [4.69, 9.17) is 11.6 Å². The molecule has 2 aliphatic rings. The molecule has 98 valence electrons. The van der Waals surface area contributed by atoms with Crippen LogP contribution in [0, 0.1) is 17.8 Å². The highest BCUT2D eigenvalue weighted by atomic mass is 35.5. The molecule has 0 spiro atoms. The van der Waals surface area contributed by atoms with E-state index >= 15 is 0 Å². The first-order valence-electron chi connectivity index (χ1n) is 7.22. The Morgan fingerprint density at radius 1 is 1.28 bits per heavy atom. The van der Waals surface area contributed by atoms with Crippen LogP contribution < -0.4 is 5.32 Å². The summed E-state index contributed by atoms with van der Waals surface area (Å²) in [7, 11) is 0. The maximum absolute atomic E-state index is 6.24. The van der Waals surface area contributed by atoms with Crippen molar-refractivity contribution >= 4 is 11.6 Å². The first-order valence-corrected chi connectivity index (χ1v) is 7.59. The lowest BCUT2D eigenvalue weighted by molar-refractivity contribution is 0.309. The van der Waals surface area contributed by atoms with Crippen molar-refractivity contribution in [1.82, 2.24) is 5.32 Å². The van der Waals surface area contributed by atoms with Crippen molar-refractivity contribution in [3.63, 3.8) is 0 Å². The Morgan fingerprint density at radius 2 is 2.11 bits per heavy atom. The van der Waals surface area contributed by atoms with Crippen molar-refractivity contribution in [3.8, 4) is 0 Å². The second-order valence-corrected chi connectivity index (χ2v) is 6.49. The van der Waals surface area contributed by atoms with Gasteiger partial charge >= 0.3 is 0 Å². The van der Waals surface area contributed by atoms with Gasteiger partial charge in [0.1, 0.15) is 0 Å². The molecule has 18 heavy (non-hydrogen) atoms. The van der Waals surface area contributed by atoms with Gasteiger partial charge in [-0.25, -0.2) is 0 Å². The van der Waals surface area contributed by atoms with Crippen LogP contribution in [0.15, 0.2) is 24.3 Å². The molecule has 2 fully saturated rings. The van der Waals surface area contributed by atoms with E-state index in [1.54, 1.807) is 0 Å². The third-order valence-corrected chi connectivity index (χ3v) is 5.29. The average Bonchev–Trinajstić information content (AvgIpc) is 2.98. The molecule has 0 radical (unpaired) electrons. The maximum atomic E-state index is 6.24. The predicted octanol–water partition coefficient (Wildman–Crippen LogP) is 4.43. The van der Waals surface area contributed by atoms with E-state index in [9.17, 15) is 0 Å². The molecular formula is C16H22ClN. The lowest BCUT2D eigenvalue weighted by Gasteiger charge is -2.24. The molecule has 2 bridgehead atoms. The Bertz CT molecular complexity index is 417. The van der Waals surface area contributed by atoms with Crippen LogP contribution in [0.4, 0.5) is 0 Å². The molecule has 0 heterocycles. The summed E-state index contributed by atoms with van der Waals surface area (Å²) in [6.07, 6.45) is 5.90. The summed E-state index contributed by atoms with van der Waals surface area (Å²) < 4.78 is 0. The van der Waals surface area contributed by atoms with Crippen LogP contribution in [0.3, 0.4) is 0 Å². The fourth-order valence-electron chi connectivity index (χ4n) is 3.89. The van der Waals surface area contributed by atoms with Gasteiger partial charge in [0.25, 0.3) is 0 Å². The molecule has 0 amide bonds. The molecule has 0 aromatic heterocycles. The first-order chi connectivity index (χ1) is 8.74. The van der Waals surface area contributed by atoms with Crippen molar-refractivity contribution in [2.24, 2.45) is 17.8 Å². The third kappa shape index (κ3) is 2.44. The van der Waals surface area contributed by atoms with Gasteiger partial charge in [0.2, 0.25) is 0 Å². The summed E-state index contributed by atoms with van der Waals surface area (Å²) in [6, 6.07) is 8.52. The topological polar surface area (TPSA) is 12.0 Å². The van der Waals surface area contributed by atoms with Crippen LogP contribution in [0.5, 0.6) is 0 Å². The second kappa shape index (κ2) is 5.22. The van der Waals surface area contributed by atoms with Crippen LogP contribution in [-0.2, 0) is 0 Å². The second-order valence-electron chi connectivity index (χ2n) is 6.09. The summed E-state index contributed by atoms with van der Waals surface area (Å²) in [5, 5.41) is 4.56. The van der Waals surface area contributed by atoms with Crippen LogP contribution in [0.1, 0.15) is 44.2 Å². The van der Waals surface area contributed by atoms with Crippen molar-refractivity contribution in [2.45, 2.75) is 38.6 Å². The highest BCUT2D eigenvalue weighted by Crippen LogP contribution is 2.48. The highest BCUT2D eigenvalue weighted by Gasteiger charge is 2.39. The van der Waals surface area contributed by atoms with Gasteiger partial charge in [0.05, 0.1) is 0 Å². The highest BCUT2D eigenvalue weighted by molar-refractivity contribution is 6.31. The van der Waals surface area contributed by atoms with Gasteiger partial charge in [0.15, 0.2) is 0 Å². The van der Waals surface area contributed by atoms with Gasteiger partial charge in [0, 0.05) is 11.1 Å². The molecule has 3 rings (SSSR count). The van der Waals surface area contributed by atoms with E-state index in [1.807, 2.05) is 12.1 Å². The summed E-state index contributed by atoms with van der Waals surface area (Å²) in [6.45, 7) is 3.38. The monoisotopic (exact) mass is 263 g/mol. The van der Waals surface area contributed by atoms with Gasteiger partial charge in [-0.15, -0.1) is 0 Å². The fourth-order valence-corrected chi connectivity index (χ4v) is 4.19. The Hall–Kier alpha value is -0.530. The van der Waals surface area contributed by atoms with Crippen LogP contribution >= 0.6 is 11.6 Å². The molecule has 4 atom stereocenters. The van der Waals surface area contributed by atoms with Crippen molar-refractivity contribution < 1.29 is 0 Å². The van der Waals surface area contributed by atoms with Gasteiger partial charge in [-0.2, -0.15) is 0 Å². The van der Waals surface area contributed by atoms with Crippen molar-refractivity contribution in [1.29, 1.82) is 0 Å². The van der Waals surface area contributed by atoms with E-state index in [0.717, 1.165) is 29.3 Å². The molecule has 3 unspecified atom stereocenters. The molecule has 2 saturated carbocycles. The molecule has 1 N–H and O–H groups in total. The van der Waals surface area contributed by atoms with Crippen LogP contribution in [0.25, 0.3) is 0 Å². The molecule has 2 heteroatoms. The Balaban J connectivity index is 1.56. The molecule has 2 aliphatic carbocycles. The number of fused-ring (bicyclic) bond motifs is 2. The molecule has 1 aromatic carbocycles. The lowest BCUT2D eigenvalue weighted by Crippen LogP contribution is -2.28. The minimum absolute atomic E-state index is 0.359. The summed E-state index contributed by atoms with van der Waals surface area (Å²) in [5.41, 5.74) is 1.22. The van der Waals surface area contributed by atoms with E-state index in [0.29, 0.717) is 6.04 Å². The minimum Gasteiger partial charge on any atom is -0.310 e. The van der Waals surface area contributed by atoms with Crippen molar-refractivity contribution in [2.75, 3.05) is 6.54 Å². The van der Waals surface area contributed by atoms with Gasteiger partial charge in [-0.3, -0.25) is 0 Å². The molecule has 0 aliphatic heterocycles. The zero-order valence-electron chi connectivity index (χ0n) is 11.0. The van der Waals surface area contributed by atoms with Gasteiger partial charge in [-0.1, -0.05) is 36.2 Å². The Labute approximate surface area is 115 Å². The quantitative estimate of drug-likeness (QED) is 0.848. The number of benzene rings is 1. The Morgan fingerprint density at radius 3 is 2.78 bits per heavy atom. The molecular weight excluding hydrogens is 242 g/mol. The lowest BCUT2D eigenvalue weighted by atomic mass is 9.88. The normalized spacial score (nSPS) is 31.8. The standard InChI is InChI=1S/C16H22ClN/c1-11(15-4-2-3-5-16(15)17)18-10-14-9-12-6-7-13(14)8-12/h2-5,11-14,18H,6-10H2,1H3/t11-,12?,13?,14?/m1/s1. The Kier molecular flexibility index (Phi) is 3.63. The molecule has 0 saturated heterocycles. The first kappa shape index (κ1) is 12.5. The largest absolute Gasteiger partial charge is 0.310 e. The number of rotatable bonds is 4.